The minimum atomic E-state index is -0.378. The van der Waals surface area contributed by atoms with Crippen molar-refractivity contribution in [2.45, 2.75) is 38.6 Å². The number of nitrogens with one attached hydrogen (secondary N) is 1. The number of ether oxygens (including phenoxy) is 2. The summed E-state index contributed by atoms with van der Waals surface area (Å²) in [5.41, 5.74) is 0. The van der Waals surface area contributed by atoms with Crippen LogP contribution < -0.4 is 5.32 Å². The van der Waals surface area contributed by atoms with Gasteiger partial charge >= 0.3 is 0 Å². The van der Waals surface area contributed by atoms with Crippen molar-refractivity contribution in [2.24, 2.45) is 0 Å². The van der Waals surface area contributed by atoms with Crippen LogP contribution >= 0.6 is 0 Å². The van der Waals surface area contributed by atoms with Gasteiger partial charge in [0, 0.05) is 0 Å². The van der Waals surface area contributed by atoms with Crippen molar-refractivity contribution in [1.82, 2.24) is 5.32 Å². The summed E-state index contributed by atoms with van der Waals surface area (Å²) in [5.74, 6) is -0.378. The molecule has 3 nitrogen and oxygen atoms in total. The summed E-state index contributed by atoms with van der Waals surface area (Å²) >= 11 is 0. The molecule has 1 fully saturated rings. The molecule has 0 aromatic carbocycles. The SMILES string of the molecule is CNCC[C@@H]1CCOC(C)(C)O1. The lowest BCUT2D eigenvalue weighted by molar-refractivity contribution is -0.273. The van der Waals surface area contributed by atoms with Crippen LogP contribution in [0.3, 0.4) is 0 Å². The normalized spacial score (nSPS) is 28.8. The van der Waals surface area contributed by atoms with Gasteiger partial charge in [-0.1, -0.05) is 0 Å². The van der Waals surface area contributed by atoms with Crippen molar-refractivity contribution < 1.29 is 9.47 Å². The molecule has 0 spiro atoms. The lowest BCUT2D eigenvalue weighted by Crippen LogP contribution is -2.40. The lowest BCUT2D eigenvalue weighted by Gasteiger charge is -2.36. The molecule has 1 saturated heterocycles. The first-order valence-corrected chi connectivity index (χ1v) is 4.60. The number of hydrogen-bond acceptors (Lipinski definition) is 3. The quantitative estimate of drug-likeness (QED) is 0.694. The molecule has 0 radical (unpaired) electrons. The Bertz CT molecular complexity index is 136. The van der Waals surface area contributed by atoms with Gasteiger partial charge in [0.15, 0.2) is 5.79 Å². The van der Waals surface area contributed by atoms with E-state index in [1.165, 1.54) is 0 Å². The van der Waals surface area contributed by atoms with E-state index in [0.717, 1.165) is 26.0 Å². The minimum absolute atomic E-state index is 0.362. The summed E-state index contributed by atoms with van der Waals surface area (Å²) in [5, 5.41) is 3.12. The highest BCUT2D eigenvalue weighted by Gasteiger charge is 2.28. The fraction of sp³-hybridized carbons (Fsp3) is 1.00. The first-order valence-electron chi connectivity index (χ1n) is 4.60. The zero-order valence-corrected chi connectivity index (χ0v) is 8.22. The van der Waals surface area contributed by atoms with E-state index in [-0.39, 0.29) is 5.79 Å². The first kappa shape index (κ1) is 9.96. The minimum Gasteiger partial charge on any atom is -0.350 e. The van der Waals surface area contributed by atoms with E-state index < -0.39 is 0 Å². The number of rotatable bonds is 3. The highest BCUT2D eigenvalue weighted by atomic mass is 16.7. The molecule has 0 amide bonds. The molecule has 1 aliphatic heterocycles. The maximum absolute atomic E-state index is 5.71. The average molecular weight is 173 g/mol. The van der Waals surface area contributed by atoms with Gasteiger partial charge in [0.25, 0.3) is 0 Å². The third-order valence-corrected chi connectivity index (χ3v) is 2.06. The Hall–Kier alpha value is -0.120. The Kier molecular flexibility index (Phi) is 3.50. The smallest absolute Gasteiger partial charge is 0.163 e. The topological polar surface area (TPSA) is 30.5 Å². The van der Waals surface area contributed by atoms with Crippen molar-refractivity contribution >= 4 is 0 Å². The molecule has 1 atom stereocenters. The molecule has 12 heavy (non-hydrogen) atoms. The maximum atomic E-state index is 5.71. The van der Waals surface area contributed by atoms with Crippen molar-refractivity contribution in [3.05, 3.63) is 0 Å². The highest BCUT2D eigenvalue weighted by molar-refractivity contribution is 4.69. The second kappa shape index (κ2) is 4.21. The second-order valence-electron chi connectivity index (χ2n) is 3.67. The van der Waals surface area contributed by atoms with Gasteiger partial charge in [-0.25, -0.2) is 0 Å². The molecular formula is C9H19NO2. The fourth-order valence-electron chi connectivity index (χ4n) is 1.44. The summed E-state index contributed by atoms with van der Waals surface area (Å²) in [6.07, 6.45) is 2.45. The van der Waals surface area contributed by atoms with Crippen molar-refractivity contribution in [3.8, 4) is 0 Å². The van der Waals surface area contributed by atoms with Gasteiger partial charge in [0.1, 0.15) is 0 Å². The Morgan fingerprint density at radius 2 is 2.25 bits per heavy atom. The Balaban J connectivity index is 2.26. The summed E-state index contributed by atoms with van der Waals surface area (Å²) in [7, 11) is 1.96. The van der Waals surface area contributed by atoms with Crippen LogP contribution in [-0.4, -0.2) is 32.1 Å². The van der Waals surface area contributed by atoms with Crippen molar-refractivity contribution in [2.75, 3.05) is 20.2 Å². The average Bonchev–Trinajstić information content (AvgIpc) is 1.99. The Morgan fingerprint density at radius 1 is 1.50 bits per heavy atom. The van der Waals surface area contributed by atoms with E-state index in [2.05, 4.69) is 5.32 Å². The molecule has 1 N–H and O–H groups in total. The van der Waals surface area contributed by atoms with Gasteiger partial charge in [-0.3, -0.25) is 0 Å². The zero-order chi connectivity index (χ0) is 9.03. The lowest BCUT2D eigenvalue weighted by atomic mass is 10.1. The van der Waals surface area contributed by atoms with Crippen LogP contribution in [0.25, 0.3) is 0 Å². The van der Waals surface area contributed by atoms with E-state index in [1.54, 1.807) is 0 Å². The van der Waals surface area contributed by atoms with E-state index in [0.29, 0.717) is 6.10 Å². The first-order chi connectivity index (χ1) is 5.64. The van der Waals surface area contributed by atoms with Crippen LogP contribution in [0, 0.1) is 0 Å². The van der Waals surface area contributed by atoms with Gasteiger partial charge in [0.05, 0.1) is 12.7 Å². The Labute approximate surface area is 74.4 Å². The Morgan fingerprint density at radius 3 is 2.83 bits per heavy atom. The molecule has 72 valence electrons. The molecule has 1 aliphatic rings. The van der Waals surface area contributed by atoms with Crippen molar-refractivity contribution in [3.63, 3.8) is 0 Å². The van der Waals surface area contributed by atoms with E-state index in [9.17, 15) is 0 Å². The molecule has 0 aromatic heterocycles. The van der Waals surface area contributed by atoms with Crippen LogP contribution in [0.15, 0.2) is 0 Å². The fourth-order valence-corrected chi connectivity index (χ4v) is 1.44. The van der Waals surface area contributed by atoms with Crippen LogP contribution in [-0.2, 0) is 9.47 Å². The predicted molar refractivity (Wildman–Crippen MR) is 48.1 cm³/mol. The standard InChI is InChI=1S/C9H19NO2/c1-9(2)11-7-5-8(12-9)4-6-10-3/h8,10H,4-7H2,1-3H3/t8-/m1/s1. The van der Waals surface area contributed by atoms with Crippen LogP contribution in [0.4, 0.5) is 0 Å². The van der Waals surface area contributed by atoms with Gasteiger partial charge in [-0.15, -0.1) is 0 Å². The van der Waals surface area contributed by atoms with E-state index in [4.69, 9.17) is 9.47 Å². The summed E-state index contributed by atoms with van der Waals surface area (Å²) < 4.78 is 11.1. The summed E-state index contributed by atoms with van der Waals surface area (Å²) in [4.78, 5) is 0. The molecule has 0 saturated carbocycles. The van der Waals surface area contributed by atoms with E-state index >= 15 is 0 Å². The monoisotopic (exact) mass is 173 g/mol. The van der Waals surface area contributed by atoms with Gasteiger partial charge in [0.2, 0.25) is 0 Å². The molecule has 1 heterocycles. The molecule has 0 unspecified atom stereocenters. The van der Waals surface area contributed by atoms with E-state index in [1.807, 2.05) is 20.9 Å². The second-order valence-corrected chi connectivity index (χ2v) is 3.67. The number of hydrogen-bond donors (Lipinski definition) is 1. The van der Waals surface area contributed by atoms with Gasteiger partial charge in [-0.05, 0) is 40.3 Å². The predicted octanol–water partition coefficient (Wildman–Crippen LogP) is 1.14. The van der Waals surface area contributed by atoms with Crippen LogP contribution in [0.5, 0.6) is 0 Å². The largest absolute Gasteiger partial charge is 0.350 e. The zero-order valence-electron chi connectivity index (χ0n) is 8.22. The summed E-state index contributed by atoms with van der Waals surface area (Å²) in [6, 6.07) is 0. The van der Waals surface area contributed by atoms with Crippen LogP contribution in [0.1, 0.15) is 26.7 Å². The van der Waals surface area contributed by atoms with Crippen molar-refractivity contribution in [1.29, 1.82) is 0 Å². The van der Waals surface area contributed by atoms with Crippen LogP contribution in [0.2, 0.25) is 0 Å². The molecule has 3 heteroatoms. The van der Waals surface area contributed by atoms with Gasteiger partial charge < -0.3 is 14.8 Å². The molecule has 0 aliphatic carbocycles. The maximum Gasteiger partial charge on any atom is 0.163 e. The summed E-state index contributed by atoms with van der Waals surface area (Å²) in [6.45, 7) is 5.78. The molecule has 0 aromatic rings. The highest BCUT2D eigenvalue weighted by Crippen LogP contribution is 2.23. The molecular weight excluding hydrogens is 154 g/mol. The third-order valence-electron chi connectivity index (χ3n) is 2.06. The third kappa shape index (κ3) is 3.09. The molecule has 0 bridgehead atoms. The van der Waals surface area contributed by atoms with Gasteiger partial charge in [-0.2, -0.15) is 0 Å². The molecule has 1 rings (SSSR count).